The van der Waals surface area contributed by atoms with Gasteiger partial charge in [0.2, 0.25) is 5.82 Å². The molecule has 0 saturated carbocycles. The summed E-state index contributed by atoms with van der Waals surface area (Å²) in [6.07, 6.45) is 0. The van der Waals surface area contributed by atoms with E-state index >= 15 is 0 Å². The van der Waals surface area contributed by atoms with E-state index < -0.39 is 62.6 Å². The molecule has 6 nitrogen and oxygen atoms in total. The average molecular weight is 431 g/mol. The lowest BCUT2D eigenvalue weighted by molar-refractivity contribution is 0.356. The molecular formula is C14H10F5NO5S2. The fraction of sp³-hybridized carbons (Fsp3) is 0.143. The number of nitrogens with zero attached hydrogens (tertiary/aromatic N) is 1. The van der Waals surface area contributed by atoms with E-state index in [1.54, 1.807) is 0 Å². The molecule has 0 aliphatic carbocycles. The van der Waals surface area contributed by atoms with Crippen molar-refractivity contribution < 1.29 is 43.5 Å². The number of benzene rings is 2. The Morgan fingerprint density at radius 1 is 0.741 bits per heavy atom. The Hall–Kier alpha value is -2.25. The van der Waals surface area contributed by atoms with Crippen LogP contribution in [0.2, 0.25) is 0 Å². The maximum absolute atomic E-state index is 13.8. The van der Waals surface area contributed by atoms with Crippen molar-refractivity contribution in [3.05, 3.63) is 53.4 Å². The largest absolute Gasteiger partial charge is 0.497 e. The van der Waals surface area contributed by atoms with Gasteiger partial charge in [0.25, 0.3) is 20.0 Å². The summed E-state index contributed by atoms with van der Waals surface area (Å²) in [5, 5.41) is 0. The lowest BCUT2D eigenvalue weighted by Gasteiger charge is -2.19. The molecule has 0 aliphatic heterocycles. The van der Waals surface area contributed by atoms with Crippen LogP contribution in [0.5, 0.6) is 5.75 Å². The molecule has 0 unspecified atom stereocenters. The Bertz CT molecular complexity index is 1070. The molecule has 0 aromatic heterocycles. The molecule has 0 saturated heterocycles. The van der Waals surface area contributed by atoms with Gasteiger partial charge >= 0.3 is 0 Å². The van der Waals surface area contributed by atoms with Crippen LogP contribution in [-0.2, 0) is 20.0 Å². The van der Waals surface area contributed by atoms with Crippen molar-refractivity contribution in [3.8, 4) is 5.75 Å². The quantitative estimate of drug-likeness (QED) is 0.413. The normalized spacial score (nSPS) is 12.4. The van der Waals surface area contributed by atoms with Crippen molar-refractivity contribution in [3.63, 3.8) is 0 Å². The molecule has 0 N–H and O–H groups in total. The Labute approximate surface area is 150 Å². The molecular weight excluding hydrogens is 421 g/mol. The molecule has 0 fully saturated rings. The van der Waals surface area contributed by atoms with Crippen molar-refractivity contribution in [2.45, 2.75) is 9.79 Å². The lowest BCUT2D eigenvalue weighted by atomic mass is 10.3. The van der Waals surface area contributed by atoms with Crippen molar-refractivity contribution in [2.75, 3.05) is 14.2 Å². The second kappa shape index (κ2) is 7.05. The van der Waals surface area contributed by atoms with E-state index in [-0.39, 0.29) is 5.75 Å². The van der Waals surface area contributed by atoms with Crippen LogP contribution in [-0.4, -0.2) is 34.7 Å². The summed E-state index contributed by atoms with van der Waals surface area (Å²) in [4.78, 5) is -2.91. The Morgan fingerprint density at radius 2 is 1.15 bits per heavy atom. The first-order valence-electron chi connectivity index (χ1n) is 6.77. The number of hydrogen-bond acceptors (Lipinski definition) is 5. The van der Waals surface area contributed by atoms with E-state index in [2.05, 4.69) is 0 Å². The average Bonchev–Trinajstić information content (AvgIpc) is 2.64. The second-order valence-corrected chi connectivity index (χ2v) is 9.07. The fourth-order valence-electron chi connectivity index (χ4n) is 1.97. The van der Waals surface area contributed by atoms with Crippen molar-refractivity contribution >= 4 is 20.0 Å². The highest BCUT2D eigenvalue weighted by atomic mass is 32.3. The molecule has 0 spiro atoms. The molecule has 13 heteroatoms. The summed E-state index contributed by atoms with van der Waals surface area (Å²) >= 11 is 0. The van der Waals surface area contributed by atoms with E-state index in [1.807, 2.05) is 0 Å². The summed E-state index contributed by atoms with van der Waals surface area (Å²) in [7, 11) is -8.91. The van der Waals surface area contributed by atoms with Gasteiger partial charge in [0.15, 0.2) is 28.2 Å². The zero-order valence-electron chi connectivity index (χ0n) is 13.5. The molecule has 0 bridgehead atoms. The van der Waals surface area contributed by atoms with Crippen molar-refractivity contribution in [2.24, 2.45) is 0 Å². The predicted octanol–water partition coefficient (Wildman–Crippen LogP) is 2.40. The van der Waals surface area contributed by atoms with Gasteiger partial charge in [-0.15, -0.1) is 0 Å². The zero-order chi connectivity index (χ0) is 20.7. The van der Waals surface area contributed by atoms with Crippen molar-refractivity contribution in [1.82, 2.24) is 3.71 Å². The molecule has 0 atom stereocenters. The van der Waals surface area contributed by atoms with E-state index in [1.165, 1.54) is 7.11 Å². The highest BCUT2D eigenvalue weighted by Crippen LogP contribution is 2.31. The van der Waals surface area contributed by atoms with Crippen LogP contribution in [0.15, 0.2) is 34.1 Å². The third-order valence-electron chi connectivity index (χ3n) is 3.46. The smallest absolute Gasteiger partial charge is 0.262 e. The summed E-state index contributed by atoms with van der Waals surface area (Å²) in [6, 6.07) is 4.18. The van der Waals surface area contributed by atoms with Gasteiger partial charge in [0, 0.05) is 7.05 Å². The summed E-state index contributed by atoms with van der Waals surface area (Å²) < 4.78 is 121. The van der Waals surface area contributed by atoms with Gasteiger partial charge < -0.3 is 4.74 Å². The molecule has 2 aromatic carbocycles. The molecule has 0 radical (unpaired) electrons. The van der Waals surface area contributed by atoms with E-state index in [4.69, 9.17) is 4.74 Å². The van der Waals surface area contributed by atoms with Crippen molar-refractivity contribution in [1.29, 1.82) is 0 Å². The molecule has 2 aromatic rings. The Morgan fingerprint density at radius 3 is 1.56 bits per heavy atom. The van der Waals surface area contributed by atoms with Crippen LogP contribution in [0.1, 0.15) is 0 Å². The van der Waals surface area contributed by atoms with Crippen LogP contribution in [0.25, 0.3) is 0 Å². The maximum atomic E-state index is 13.8. The molecule has 0 amide bonds. The first-order chi connectivity index (χ1) is 12.4. The lowest BCUT2D eigenvalue weighted by Crippen LogP contribution is -2.35. The van der Waals surface area contributed by atoms with Crippen LogP contribution >= 0.6 is 0 Å². The first-order valence-corrected chi connectivity index (χ1v) is 9.65. The van der Waals surface area contributed by atoms with Crippen LogP contribution in [0.3, 0.4) is 0 Å². The summed E-state index contributed by atoms with van der Waals surface area (Å²) in [5.41, 5.74) is 0. The predicted molar refractivity (Wildman–Crippen MR) is 81.4 cm³/mol. The maximum Gasteiger partial charge on any atom is 0.262 e. The minimum Gasteiger partial charge on any atom is -0.497 e. The molecule has 148 valence electrons. The number of sulfonamides is 2. The SMILES string of the molecule is COc1ccc(S(=O)(=O)N(C)S(=O)(=O)c2c(F)c(F)c(F)c(F)c2F)cc1. The van der Waals surface area contributed by atoms with E-state index in [9.17, 15) is 38.8 Å². The Balaban J connectivity index is 2.66. The van der Waals surface area contributed by atoms with Gasteiger partial charge in [0.05, 0.1) is 12.0 Å². The van der Waals surface area contributed by atoms with Gasteiger partial charge in [0.1, 0.15) is 5.75 Å². The molecule has 0 aliphatic rings. The standard InChI is InChI=1S/C14H10F5NO5S2/c1-20(26(21,22)8-5-3-7(25-2)4-6-8)27(23,24)14-12(18)10(16)9(15)11(17)13(14)19/h3-6H,1-2H3. The zero-order valence-corrected chi connectivity index (χ0v) is 15.1. The van der Waals surface area contributed by atoms with Crippen LogP contribution in [0, 0.1) is 29.1 Å². The fourth-order valence-corrected chi connectivity index (χ4v) is 5.15. The number of methoxy groups -OCH3 is 1. The summed E-state index contributed by atoms with van der Waals surface area (Å²) in [5.74, 6) is -12.8. The van der Waals surface area contributed by atoms with Crippen LogP contribution < -0.4 is 4.74 Å². The van der Waals surface area contributed by atoms with E-state index in [0.717, 1.165) is 24.3 Å². The molecule has 27 heavy (non-hydrogen) atoms. The highest BCUT2D eigenvalue weighted by molar-refractivity contribution is 8.04. The topological polar surface area (TPSA) is 80.8 Å². The number of halogens is 5. The van der Waals surface area contributed by atoms with Gasteiger partial charge in [-0.25, -0.2) is 38.8 Å². The number of rotatable bonds is 5. The van der Waals surface area contributed by atoms with Gasteiger partial charge in [-0.1, -0.05) is 3.71 Å². The number of hydrogen-bond donors (Lipinski definition) is 0. The minimum absolute atomic E-state index is 0.222. The molecule has 2 rings (SSSR count). The highest BCUT2D eigenvalue weighted by Gasteiger charge is 2.40. The van der Waals surface area contributed by atoms with E-state index in [0.29, 0.717) is 7.05 Å². The third kappa shape index (κ3) is 3.37. The monoisotopic (exact) mass is 431 g/mol. The van der Waals surface area contributed by atoms with Gasteiger partial charge in [-0.05, 0) is 24.3 Å². The molecule has 0 heterocycles. The second-order valence-electron chi connectivity index (χ2n) is 4.96. The Kier molecular flexibility index (Phi) is 5.50. The summed E-state index contributed by atoms with van der Waals surface area (Å²) in [6.45, 7) is 0. The third-order valence-corrected chi connectivity index (χ3v) is 7.74. The minimum atomic E-state index is -5.67. The van der Waals surface area contributed by atoms with Gasteiger partial charge in [-0.2, -0.15) is 0 Å². The first kappa shape index (κ1) is 21.1. The number of ether oxygens (including phenoxy) is 1. The van der Waals surface area contributed by atoms with Crippen LogP contribution in [0.4, 0.5) is 22.0 Å². The van der Waals surface area contributed by atoms with Gasteiger partial charge in [-0.3, -0.25) is 0 Å².